The lowest BCUT2D eigenvalue weighted by atomic mass is 10.1. The second-order valence-electron chi connectivity index (χ2n) is 8.26. The number of rotatable bonds is 4. The fraction of sp³-hybridized carbons (Fsp3) is 0.269. The summed E-state index contributed by atoms with van der Waals surface area (Å²) in [5.41, 5.74) is 1.53. The van der Waals surface area contributed by atoms with Crippen molar-refractivity contribution in [1.29, 1.82) is 0 Å². The number of hydrogen-bond donors (Lipinski definition) is 0. The standard InChI is InChI=1S/C26H27N3O5S/c1-32-19-11-13-20(14-12-19)35(30,31)29-16-6-15-28(17-18-29)26-21-7-5-10-24(33-2)25(21)34-23-9-4-3-8-22(23)27-26/h3-5,7-14H,6,15-18H2,1-2H3. The van der Waals surface area contributed by atoms with Crippen LogP contribution >= 0.6 is 0 Å². The summed E-state index contributed by atoms with van der Waals surface area (Å²) in [6, 6.07) is 19.8. The van der Waals surface area contributed by atoms with Gasteiger partial charge in [0.05, 0.1) is 24.7 Å². The molecule has 0 spiro atoms. The third kappa shape index (κ3) is 4.44. The van der Waals surface area contributed by atoms with Crippen molar-refractivity contribution in [2.75, 3.05) is 40.4 Å². The minimum Gasteiger partial charge on any atom is -0.497 e. The third-order valence-corrected chi connectivity index (χ3v) is 8.11. The van der Waals surface area contributed by atoms with Gasteiger partial charge in [0.2, 0.25) is 10.0 Å². The fourth-order valence-electron chi connectivity index (χ4n) is 4.36. The summed E-state index contributed by atoms with van der Waals surface area (Å²) in [5.74, 6) is 3.23. The molecule has 3 aromatic rings. The second-order valence-corrected chi connectivity index (χ2v) is 10.2. The number of aliphatic imine (C=N–C) groups is 1. The molecule has 0 bridgehead atoms. The quantitative estimate of drug-likeness (QED) is 0.540. The number of para-hydroxylation sites is 3. The molecule has 2 aliphatic heterocycles. The van der Waals surface area contributed by atoms with Gasteiger partial charge in [0.1, 0.15) is 17.3 Å². The number of sulfonamides is 1. The minimum atomic E-state index is -3.62. The molecule has 3 aromatic carbocycles. The van der Waals surface area contributed by atoms with Gasteiger partial charge in [0, 0.05) is 26.2 Å². The van der Waals surface area contributed by atoms with Gasteiger partial charge in [0.15, 0.2) is 17.2 Å². The molecule has 35 heavy (non-hydrogen) atoms. The maximum Gasteiger partial charge on any atom is 0.243 e. The summed E-state index contributed by atoms with van der Waals surface area (Å²) in [7, 11) is -0.458. The Bertz CT molecular complexity index is 1360. The van der Waals surface area contributed by atoms with Crippen molar-refractivity contribution in [2.24, 2.45) is 4.99 Å². The molecule has 5 rings (SSSR count). The van der Waals surface area contributed by atoms with Gasteiger partial charge in [-0.1, -0.05) is 18.2 Å². The SMILES string of the molecule is COc1ccc(S(=O)(=O)N2CCCN(C3=Nc4ccccc4Oc4c(OC)cccc43)CC2)cc1. The molecule has 2 heterocycles. The smallest absolute Gasteiger partial charge is 0.243 e. The monoisotopic (exact) mass is 493 g/mol. The number of benzene rings is 3. The summed E-state index contributed by atoms with van der Waals surface area (Å²) < 4.78 is 45.2. The highest BCUT2D eigenvalue weighted by Gasteiger charge is 2.30. The normalized spacial score (nSPS) is 16.2. The average molecular weight is 494 g/mol. The van der Waals surface area contributed by atoms with Crippen LogP contribution in [0, 0.1) is 0 Å². The van der Waals surface area contributed by atoms with Gasteiger partial charge < -0.3 is 19.1 Å². The van der Waals surface area contributed by atoms with Gasteiger partial charge in [-0.15, -0.1) is 0 Å². The fourth-order valence-corrected chi connectivity index (χ4v) is 5.83. The Balaban J connectivity index is 1.46. The molecule has 0 atom stereocenters. The highest BCUT2D eigenvalue weighted by Crippen LogP contribution is 2.42. The van der Waals surface area contributed by atoms with Crippen LogP contribution in [0.4, 0.5) is 5.69 Å². The summed E-state index contributed by atoms with van der Waals surface area (Å²) in [6.07, 6.45) is 0.663. The lowest BCUT2D eigenvalue weighted by Gasteiger charge is -2.25. The zero-order valence-corrected chi connectivity index (χ0v) is 20.5. The first-order valence-electron chi connectivity index (χ1n) is 11.4. The van der Waals surface area contributed by atoms with Crippen LogP contribution in [0.5, 0.6) is 23.0 Å². The largest absolute Gasteiger partial charge is 0.497 e. The van der Waals surface area contributed by atoms with Crippen LogP contribution in [0.2, 0.25) is 0 Å². The highest BCUT2D eigenvalue weighted by atomic mass is 32.2. The van der Waals surface area contributed by atoms with Crippen molar-refractivity contribution < 1.29 is 22.6 Å². The number of amidine groups is 1. The molecule has 182 valence electrons. The first-order chi connectivity index (χ1) is 17.0. The molecule has 0 radical (unpaired) electrons. The topological polar surface area (TPSA) is 80.7 Å². The van der Waals surface area contributed by atoms with Crippen molar-refractivity contribution in [3.8, 4) is 23.0 Å². The molecule has 8 nitrogen and oxygen atoms in total. The van der Waals surface area contributed by atoms with Gasteiger partial charge in [-0.3, -0.25) is 0 Å². The van der Waals surface area contributed by atoms with Crippen molar-refractivity contribution in [3.05, 3.63) is 72.3 Å². The summed E-state index contributed by atoms with van der Waals surface area (Å²) in [5, 5.41) is 0. The van der Waals surface area contributed by atoms with Crippen LogP contribution in [0.15, 0.2) is 76.6 Å². The van der Waals surface area contributed by atoms with Crippen molar-refractivity contribution in [2.45, 2.75) is 11.3 Å². The molecular formula is C26H27N3O5S. The molecular weight excluding hydrogens is 466 g/mol. The van der Waals surface area contributed by atoms with Crippen LogP contribution in [0.1, 0.15) is 12.0 Å². The van der Waals surface area contributed by atoms with E-state index in [1.807, 2.05) is 42.5 Å². The molecule has 0 amide bonds. The van der Waals surface area contributed by atoms with E-state index in [2.05, 4.69) is 4.90 Å². The summed E-state index contributed by atoms with van der Waals surface area (Å²) in [6.45, 7) is 1.92. The first kappa shape index (κ1) is 23.2. The van der Waals surface area contributed by atoms with Crippen LogP contribution in [-0.2, 0) is 10.0 Å². The molecule has 0 saturated carbocycles. The molecule has 0 unspecified atom stereocenters. The maximum absolute atomic E-state index is 13.3. The number of nitrogens with zero attached hydrogens (tertiary/aromatic N) is 3. The number of hydrogen-bond acceptors (Lipinski definition) is 7. The van der Waals surface area contributed by atoms with E-state index in [9.17, 15) is 8.42 Å². The Morgan fingerprint density at radius 1 is 0.857 bits per heavy atom. The Hall–Kier alpha value is -3.56. The lowest BCUT2D eigenvalue weighted by molar-refractivity contribution is 0.378. The molecule has 1 saturated heterocycles. The molecule has 2 aliphatic rings. The van der Waals surface area contributed by atoms with E-state index in [0.717, 1.165) is 11.4 Å². The average Bonchev–Trinajstić information content (AvgIpc) is 3.24. The molecule has 0 aliphatic carbocycles. The highest BCUT2D eigenvalue weighted by molar-refractivity contribution is 7.89. The Morgan fingerprint density at radius 3 is 2.43 bits per heavy atom. The van der Waals surface area contributed by atoms with Gasteiger partial charge in [-0.25, -0.2) is 13.4 Å². The third-order valence-electron chi connectivity index (χ3n) is 6.19. The minimum absolute atomic E-state index is 0.260. The van der Waals surface area contributed by atoms with E-state index in [1.165, 1.54) is 0 Å². The van der Waals surface area contributed by atoms with Crippen molar-refractivity contribution in [1.82, 2.24) is 9.21 Å². The van der Waals surface area contributed by atoms with Crippen LogP contribution in [0.3, 0.4) is 0 Å². The number of fused-ring (bicyclic) bond motifs is 2. The van der Waals surface area contributed by atoms with Crippen LogP contribution in [0.25, 0.3) is 0 Å². The molecule has 1 fully saturated rings. The van der Waals surface area contributed by atoms with E-state index in [4.69, 9.17) is 19.2 Å². The second kappa shape index (κ2) is 9.59. The maximum atomic E-state index is 13.3. The van der Waals surface area contributed by atoms with Crippen molar-refractivity contribution in [3.63, 3.8) is 0 Å². The van der Waals surface area contributed by atoms with Crippen LogP contribution < -0.4 is 14.2 Å². The number of ether oxygens (including phenoxy) is 3. The summed E-state index contributed by atoms with van der Waals surface area (Å²) >= 11 is 0. The zero-order valence-electron chi connectivity index (χ0n) is 19.7. The summed E-state index contributed by atoms with van der Waals surface area (Å²) in [4.78, 5) is 7.36. The van der Waals surface area contributed by atoms with E-state index < -0.39 is 10.0 Å². The van der Waals surface area contributed by atoms with Gasteiger partial charge in [0.25, 0.3) is 0 Å². The van der Waals surface area contributed by atoms with E-state index in [1.54, 1.807) is 42.8 Å². The van der Waals surface area contributed by atoms with E-state index in [0.29, 0.717) is 61.3 Å². The molecule has 0 N–H and O–H groups in total. The van der Waals surface area contributed by atoms with E-state index >= 15 is 0 Å². The van der Waals surface area contributed by atoms with E-state index in [-0.39, 0.29) is 4.90 Å². The van der Waals surface area contributed by atoms with Gasteiger partial charge in [-0.2, -0.15) is 4.31 Å². The van der Waals surface area contributed by atoms with Gasteiger partial charge >= 0.3 is 0 Å². The zero-order chi connectivity index (χ0) is 24.4. The predicted octanol–water partition coefficient (Wildman–Crippen LogP) is 4.28. The lowest BCUT2D eigenvalue weighted by Crippen LogP contribution is -2.37. The Morgan fingerprint density at radius 2 is 1.66 bits per heavy atom. The number of methoxy groups -OCH3 is 2. The Labute approximate surface area is 205 Å². The van der Waals surface area contributed by atoms with Crippen molar-refractivity contribution >= 4 is 21.5 Å². The Kier molecular flexibility index (Phi) is 6.36. The first-order valence-corrected chi connectivity index (χ1v) is 12.9. The molecule has 9 heteroatoms. The predicted molar refractivity (Wildman–Crippen MR) is 134 cm³/mol. The van der Waals surface area contributed by atoms with Crippen LogP contribution in [-0.4, -0.2) is 63.9 Å². The molecule has 0 aromatic heterocycles. The van der Waals surface area contributed by atoms with Gasteiger partial charge in [-0.05, 0) is 55.0 Å².